The summed E-state index contributed by atoms with van der Waals surface area (Å²) < 4.78 is 1.18. The minimum absolute atomic E-state index is 0.115. The molecule has 1 aliphatic rings. The van der Waals surface area contributed by atoms with Crippen LogP contribution in [0.4, 0.5) is 5.95 Å². The van der Waals surface area contributed by atoms with Crippen LogP contribution >= 0.6 is 0 Å². The van der Waals surface area contributed by atoms with Crippen LogP contribution in [0.2, 0.25) is 0 Å². The lowest BCUT2D eigenvalue weighted by atomic mass is 9.93. The maximum atomic E-state index is 12.2. The molecular weight excluding hydrogens is 322 g/mol. The van der Waals surface area contributed by atoms with E-state index in [1.54, 1.807) is 0 Å². The number of rotatable bonds is 3. The monoisotopic (exact) mass is 339 g/mol. The summed E-state index contributed by atoms with van der Waals surface area (Å²) in [4.78, 5) is 34.3. The van der Waals surface area contributed by atoms with Gasteiger partial charge in [-0.25, -0.2) is 4.98 Å². The van der Waals surface area contributed by atoms with E-state index in [-0.39, 0.29) is 17.3 Å². The zero-order valence-corrected chi connectivity index (χ0v) is 13.3. The van der Waals surface area contributed by atoms with Crippen molar-refractivity contribution in [2.75, 3.05) is 5.73 Å². The molecule has 0 fully saturated rings. The number of anilines is 1. The van der Waals surface area contributed by atoms with Gasteiger partial charge in [0.1, 0.15) is 0 Å². The number of nitrogens with two attached hydrogens (primary N) is 2. The summed E-state index contributed by atoms with van der Waals surface area (Å²) in [5.41, 5.74) is 13.6. The van der Waals surface area contributed by atoms with Gasteiger partial charge in [-0.3, -0.25) is 19.6 Å². The van der Waals surface area contributed by atoms with Gasteiger partial charge in [0.2, 0.25) is 11.9 Å². The number of carbonyl (C=O) groups is 1. The zero-order chi connectivity index (χ0) is 17.6. The molecule has 1 aliphatic heterocycles. The lowest BCUT2D eigenvalue weighted by Crippen LogP contribution is -2.48. The van der Waals surface area contributed by atoms with E-state index in [0.29, 0.717) is 25.2 Å². The van der Waals surface area contributed by atoms with Gasteiger partial charge in [-0.2, -0.15) is 9.50 Å². The van der Waals surface area contributed by atoms with Crippen molar-refractivity contribution in [1.82, 2.24) is 24.5 Å². The summed E-state index contributed by atoms with van der Waals surface area (Å²) in [5, 5.41) is 2.62. The van der Waals surface area contributed by atoms with Gasteiger partial charge in [-0.05, 0) is 17.5 Å². The molecule has 1 aromatic carbocycles. The van der Waals surface area contributed by atoms with Gasteiger partial charge in [0.05, 0.1) is 11.7 Å². The summed E-state index contributed by atoms with van der Waals surface area (Å²) in [6, 6.07) is 8.91. The van der Waals surface area contributed by atoms with Gasteiger partial charge < -0.3 is 11.5 Å². The van der Waals surface area contributed by atoms with Crippen molar-refractivity contribution in [3.05, 3.63) is 57.5 Å². The van der Waals surface area contributed by atoms with Crippen molar-refractivity contribution in [3.8, 4) is 0 Å². The molecular formula is C16H17N7O2. The average Bonchev–Trinajstić information content (AvgIpc) is 2.95. The van der Waals surface area contributed by atoms with E-state index in [2.05, 4.69) is 15.1 Å². The van der Waals surface area contributed by atoms with E-state index < -0.39 is 11.9 Å². The Bertz CT molecular complexity index is 1020. The molecule has 5 N–H and O–H groups in total. The maximum Gasteiger partial charge on any atom is 0.274 e. The molecule has 9 heteroatoms. The fourth-order valence-electron chi connectivity index (χ4n) is 3.26. The third-order valence-corrected chi connectivity index (χ3v) is 4.44. The highest BCUT2D eigenvalue weighted by Crippen LogP contribution is 2.24. The number of fused-ring (bicyclic) bond motifs is 2. The Morgan fingerprint density at radius 2 is 2.04 bits per heavy atom. The number of nitrogen functional groups attached to an aromatic ring is 1. The number of hydrogen-bond acceptors (Lipinski definition) is 6. The third-order valence-electron chi connectivity index (χ3n) is 4.44. The maximum absolute atomic E-state index is 12.2. The number of nitrogens with one attached hydrogen (secondary N) is 1. The molecule has 2 aromatic heterocycles. The first-order chi connectivity index (χ1) is 12.0. The molecule has 1 atom stereocenters. The molecule has 0 radical (unpaired) electrons. The molecule has 128 valence electrons. The summed E-state index contributed by atoms with van der Waals surface area (Å²) in [6.45, 7) is 0.883. The van der Waals surface area contributed by atoms with Crippen LogP contribution in [0.15, 0.2) is 35.1 Å². The molecule has 0 saturated heterocycles. The Hall–Kier alpha value is -3.20. The van der Waals surface area contributed by atoms with Crippen LogP contribution in [0.1, 0.15) is 16.8 Å². The standard InChI is InChI=1S/C16H17N7O2/c17-14(25)12-5-9-3-1-2-4-10(9)7-22(12)8-11-6-13(24)23-16(19-11)20-15(18)21-23/h1-4,6,12H,5,7-8H2,(H2,17,25)(H3,18,19,20,21)/t12-/m0/s1. The smallest absolute Gasteiger partial charge is 0.274 e. The Morgan fingerprint density at radius 3 is 2.80 bits per heavy atom. The van der Waals surface area contributed by atoms with Gasteiger partial charge in [0, 0.05) is 19.2 Å². The Labute approximate surface area is 142 Å². The minimum Gasteiger partial charge on any atom is -0.368 e. The topological polar surface area (TPSA) is 135 Å². The van der Waals surface area contributed by atoms with E-state index in [0.717, 1.165) is 11.1 Å². The first kappa shape index (κ1) is 15.3. The second kappa shape index (κ2) is 5.71. The predicted octanol–water partition coefficient (Wildman–Crippen LogP) is -0.588. The fraction of sp³-hybridized carbons (Fsp3) is 0.250. The van der Waals surface area contributed by atoms with Crippen molar-refractivity contribution in [1.29, 1.82) is 0 Å². The number of amides is 1. The predicted molar refractivity (Wildman–Crippen MR) is 90.4 cm³/mol. The summed E-state index contributed by atoms with van der Waals surface area (Å²) in [5.74, 6) is -0.0759. The number of primary amides is 1. The van der Waals surface area contributed by atoms with Gasteiger partial charge in [0.25, 0.3) is 11.3 Å². The van der Waals surface area contributed by atoms with Crippen molar-refractivity contribution in [2.24, 2.45) is 5.73 Å². The highest BCUT2D eigenvalue weighted by molar-refractivity contribution is 5.80. The molecule has 0 aliphatic carbocycles. The second-order valence-electron chi connectivity index (χ2n) is 6.13. The average molecular weight is 339 g/mol. The highest BCUT2D eigenvalue weighted by atomic mass is 16.1. The first-order valence-corrected chi connectivity index (χ1v) is 7.85. The number of aromatic amines is 1. The van der Waals surface area contributed by atoms with Crippen molar-refractivity contribution in [3.63, 3.8) is 0 Å². The summed E-state index contributed by atoms with van der Waals surface area (Å²) >= 11 is 0. The van der Waals surface area contributed by atoms with Crippen LogP contribution in [-0.2, 0) is 24.3 Å². The van der Waals surface area contributed by atoms with Crippen molar-refractivity contribution >= 4 is 17.6 Å². The number of carbonyl (C=O) groups excluding carboxylic acids is 1. The fourth-order valence-corrected chi connectivity index (χ4v) is 3.26. The van der Waals surface area contributed by atoms with Crippen LogP contribution in [0, 0.1) is 0 Å². The van der Waals surface area contributed by atoms with Gasteiger partial charge >= 0.3 is 0 Å². The normalized spacial score (nSPS) is 17.5. The van der Waals surface area contributed by atoms with E-state index in [9.17, 15) is 9.59 Å². The molecule has 25 heavy (non-hydrogen) atoms. The Kier molecular flexibility index (Phi) is 3.50. The molecule has 4 rings (SSSR count). The van der Waals surface area contributed by atoms with Gasteiger partial charge in [-0.1, -0.05) is 24.3 Å². The molecule has 9 nitrogen and oxygen atoms in total. The second-order valence-corrected chi connectivity index (χ2v) is 6.13. The quantitative estimate of drug-likeness (QED) is 0.584. The SMILES string of the molecule is NC(=O)[C@@H]1Cc2ccccc2CN1Cc1cc(=O)n2[nH]c(N)nc2n1. The van der Waals surface area contributed by atoms with E-state index in [1.807, 2.05) is 29.2 Å². The lowest BCUT2D eigenvalue weighted by molar-refractivity contribution is -0.124. The summed E-state index contributed by atoms with van der Waals surface area (Å²) in [7, 11) is 0. The van der Waals surface area contributed by atoms with Gasteiger partial charge in [0.15, 0.2) is 0 Å². The molecule has 0 spiro atoms. The van der Waals surface area contributed by atoms with Crippen LogP contribution in [0.5, 0.6) is 0 Å². The Balaban J connectivity index is 1.69. The van der Waals surface area contributed by atoms with Gasteiger partial charge in [-0.15, -0.1) is 0 Å². The van der Waals surface area contributed by atoms with Crippen LogP contribution in [-0.4, -0.2) is 36.4 Å². The van der Waals surface area contributed by atoms with Crippen LogP contribution < -0.4 is 17.0 Å². The summed E-state index contributed by atoms with van der Waals surface area (Å²) in [6.07, 6.45) is 0.544. The minimum atomic E-state index is -0.445. The Morgan fingerprint density at radius 1 is 1.28 bits per heavy atom. The number of aromatic nitrogens is 4. The van der Waals surface area contributed by atoms with Crippen LogP contribution in [0.25, 0.3) is 5.78 Å². The van der Waals surface area contributed by atoms with E-state index in [1.165, 1.54) is 10.6 Å². The highest BCUT2D eigenvalue weighted by Gasteiger charge is 2.30. The zero-order valence-electron chi connectivity index (χ0n) is 13.3. The van der Waals surface area contributed by atoms with E-state index >= 15 is 0 Å². The number of H-pyrrole nitrogens is 1. The first-order valence-electron chi connectivity index (χ1n) is 7.85. The molecule has 3 aromatic rings. The third kappa shape index (κ3) is 2.74. The van der Waals surface area contributed by atoms with Crippen LogP contribution in [0.3, 0.4) is 0 Å². The molecule has 0 unspecified atom stereocenters. The van der Waals surface area contributed by atoms with Crippen molar-refractivity contribution < 1.29 is 4.79 Å². The molecule has 1 amide bonds. The lowest BCUT2D eigenvalue weighted by Gasteiger charge is -2.34. The number of hydrogen-bond donors (Lipinski definition) is 3. The molecule has 0 bridgehead atoms. The largest absolute Gasteiger partial charge is 0.368 e. The molecule has 3 heterocycles. The molecule has 0 saturated carbocycles. The number of benzene rings is 1. The number of nitrogens with zero attached hydrogens (tertiary/aromatic N) is 4. The van der Waals surface area contributed by atoms with Crippen molar-refractivity contribution in [2.45, 2.75) is 25.6 Å². The van der Waals surface area contributed by atoms with E-state index in [4.69, 9.17) is 11.5 Å².